The first-order chi connectivity index (χ1) is 22.9. The largest absolute Gasteiger partial charge is 0.478 e. The average Bonchev–Trinajstić information content (AvgIpc) is 3.03. The molecule has 0 fully saturated rings. The minimum atomic E-state index is -0.911. The SMILES string of the molecule is CC1(C)CCC(C)(C)c2c1ccc(Sc1ccc3c(c1Cc1ccc(C(=O)O)cc1)C(C)(C)CCC3(C)C)c2Cc1ccc(C(=O)O)cc1. The zero-order valence-electron chi connectivity index (χ0n) is 30.3. The molecular weight excluding hydrogens is 625 g/mol. The number of carbonyl (C=O) groups is 2. The van der Waals surface area contributed by atoms with Crippen molar-refractivity contribution in [2.24, 2.45) is 0 Å². The Morgan fingerprint density at radius 2 is 0.837 bits per heavy atom. The van der Waals surface area contributed by atoms with Crippen LogP contribution in [0.15, 0.2) is 82.6 Å². The van der Waals surface area contributed by atoms with Gasteiger partial charge in [0.1, 0.15) is 0 Å². The number of carboxylic acid groups (broad SMARTS) is 2. The van der Waals surface area contributed by atoms with Crippen molar-refractivity contribution in [2.75, 3.05) is 0 Å². The Labute approximate surface area is 296 Å². The van der Waals surface area contributed by atoms with Crippen molar-refractivity contribution >= 4 is 23.7 Å². The third-order valence-corrected chi connectivity index (χ3v) is 12.7. The normalized spacial score (nSPS) is 18.3. The van der Waals surface area contributed by atoms with Crippen LogP contribution in [0.4, 0.5) is 0 Å². The van der Waals surface area contributed by atoms with Crippen molar-refractivity contribution in [1.82, 2.24) is 0 Å². The van der Waals surface area contributed by atoms with Gasteiger partial charge in [-0.05, 0) is 141 Å². The van der Waals surface area contributed by atoms with E-state index in [0.29, 0.717) is 11.1 Å². The summed E-state index contributed by atoms with van der Waals surface area (Å²) in [5.74, 6) is -1.82. The number of benzene rings is 4. The number of rotatable bonds is 8. The monoisotopic (exact) mass is 674 g/mol. The Bertz CT molecular complexity index is 1790. The molecule has 0 aromatic heterocycles. The Kier molecular flexibility index (Phi) is 8.93. The zero-order valence-corrected chi connectivity index (χ0v) is 31.1. The molecule has 0 bridgehead atoms. The highest BCUT2D eigenvalue weighted by atomic mass is 32.2. The first-order valence-corrected chi connectivity index (χ1v) is 18.4. The van der Waals surface area contributed by atoms with Gasteiger partial charge in [0, 0.05) is 9.79 Å². The van der Waals surface area contributed by atoms with E-state index in [4.69, 9.17) is 0 Å². The fourth-order valence-electron chi connectivity index (χ4n) is 8.30. The molecule has 0 saturated carbocycles. The van der Waals surface area contributed by atoms with Crippen LogP contribution in [0.3, 0.4) is 0 Å². The quantitative estimate of drug-likeness (QED) is 0.195. The van der Waals surface area contributed by atoms with E-state index >= 15 is 0 Å². The standard InChI is InChI=1S/C44H50O4S/c1-41(2)21-23-43(5,6)37-31(25-27-9-13-29(14-10-27)39(45)46)35(19-17-33(37)41)49-36-20-18-34-38(44(7,8)24-22-42(34,3)4)32(36)26-28-11-15-30(16-12-28)40(47)48/h9-20H,21-26H2,1-8H3,(H,45,46)(H,47,48). The Balaban J connectivity index is 1.54. The smallest absolute Gasteiger partial charge is 0.335 e. The molecule has 0 radical (unpaired) electrons. The van der Waals surface area contributed by atoms with Crippen LogP contribution < -0.4 is 0 Å². The van der Waals surface area contributed by atoms with Gasteiger partial charge < -0.3 is 10.2 Å². The molecule has 5 heteroatoms. The number of aromatic carboxylic acids is 2. The highest BCUT2D eigenvalue weighted by Crippen LogP contribution is 2.53. The topological polar surface area (TPSA) is 74.6 Å². The van der Waals surface area contributed by atoms with E-state index < -0.39 is 11.9 Å². The van der Waals surface area contributed by atoms with Crippen molar-refractivity contribution in [2.45, 2.75) is 125 Å². The first kappa shape index (κ1) is 35.0. The van der Waals surface area contributed by atoms with Gasteiger partial charge in [-0.25, -0.2) is 9.59 Å². The van der Waals surface area contributed by atoms with Gasteiger partial charge in [0.25, 0.3) is 0 Å². The highest BCUT2D eigenvalue weighted by Gasteiger charge is 2.41. The van der Waals surface area contributed by atoms with Gasteiger partial charge in [0.15, 0.2) is 0 Å². The highest BCUT2D eigenvalue weighted by molar-refractivity contribution is 7.99. The molecule has 0 amide bonds. The van der Waals surface area contributed by atoms with Crippen LogP contribution in [-0.2, 0) is 34.5 Å². The molecule has 4 aromatic rings. The van der Waals surface area contributed by atoms with Crippen LogP contribution in [0.5, 0.6) is 0 Å². The summed E-state index contributed by atoms with van der Waals surface area (Å²) in [6.07, 6.45) is 5.91. The molecule has 2 N–H and O–H groups in total. The second-order valence-corrected chi connectivity index (χ2v) is 18.0. The first-order valence-electron chi connectivity index (χ1n) is 17.6. The van der Waals surface area contributed by atoms with Gasteiger partial charge in [-0.2, -0.15) is 0 Å². The lowest BCUT2D eigenvalue weighted by Crippen LogP contribution is -2.35. The van der Waals surface area contributed by atoms with Gasteiger partial charge >= 0.3 is 11.9 Å². The van der Waals surface area contributed by atoms with E-state index in [-0.39, 0.29) is 21.7 Å². The van der Waals surface area contributed by atoms with Gasteiger partial charge in [0.2, 0.25) is 0 Å². The summed E-state index contributed by atoms with van der Waals surface area (Å²) in [5.41, 5.74) is 11.3. The predicted octanol–water partition coefficient (Wildman–Crippen LogP) is 11.1. The predicted molar refractivity (Wildman–Crippen MR) is 200 cm³/mol. The summed E-state index contributed by atoms with van der Waals surface area (Å²) < 4.78 is 0. The van der Waals surface area contributed by atoms with E-state index in [0.717, 1.165) is 49.7 Å². The fourth-order valence-corrected chi connectivity index (χ4v) is 9.40. The molecule has 0 aliphatic heterocycles. The fraction of sp³-hybridized carbons (Fsp3) is 0.409. The average molecular weight is 675 g/mol. The minimum absolute atomic E-state index is 0.00561. The molecule has 0 saturated heterocycles. The van der Waals surface area contributed by atoms with Gasteiger partial charge in [-0.3, -0.25) is 0 Å². The summed E-state index contributed by atoms with van der Waals surface area (Å²) in [6.45, 7) is 19.0. The molecule has 256 valence electrons. The number of hydrogen-bond donors (Lipinski definition) is 2. The zero-order chi connectivity index (χ0) is 35.5. The number of hydrogen-bond acceptors (Lipinski definition) is 3. The molecule has 4 aromatic carbocycles. The van der Waals surface area contributed by atoms with Gasteiger partial charge in [0.05, 0.1) is 11.1 Å². The van der Waals surface area contributed by atoms with Gasteiger partial charge in [-0.15, -0.1) is 0 Å². The lowest BCUT2D eigenvalue weighted by molar-refractivity contribution is 0.0686. The van der Waals surface area contributed by atoms with Gasteiger partial charge in [-0.1, -0.05) is 104 Å². The van der Waals surface area contributed by atoms with Crippen molar-refractivity contribution in [3.8, 4) is 0 Å². The summed E-state index contributed by atoms with van der Waals surface area (Å²) in [4.78, 5) is 25.8. The van der Waals surface area contributed by atoms with Crippen LogP contribution in [0.2, 0.25) is 0 Å². The van der Waals surface area contributed by atoms with E-state index in [9.17, 15) is 19.8 Å². The third-order valence-electron chi connectivity index (χ3n) is 11.5. The lowest BCUT2D eigenvalue weighted by Gasteiger charge is -2.44. The summed E-state index contributed by atoms with van der Waals surface area (Å²) in [7, 11) is 0. The number of carboxylic acids is 2. The van der Waals surface area contributed by atoms with E-state index in [1.807, 2.05) is 36.0 Å². The molecule has 0 unspecified atom stereocenters. The van der Waals surface area contributed by atoms with Crippen LogP contribution in [0.25, 0.3) is 0 Å². The molecule has 2 aliphatic carbocycles. The molecular formula is C44H50O4S. The van der Waals surface area contributed by atoms with E-state index in [1.54, 1.807) is 24.3 Å². The van der Waals surface area contributed by atoms with Crippen molar-refractivity contribution in [1.29, 1.82) is 0 Å². The maximum atomic E-state index is 11.6. The molecule has 2 aliphatic rings. The lowest BCUT2D eigenvalue weighted by atomic mass is 9.61. The second kappa shape index (κ2) is 12.5. The maximum absolute atomic E-state index is 11.6. The molecule has 0 heterocycles. The van der Waals surface area contributed by atoms with Crippen molar-refractivity contribution < 1.29 is 19.8 Å². The summed E-state index contributed by atoms with van der Waals surface area (Å²) in [5, 5.41) is 19.1. The van der Waals surface area contributed by atoms with E-state index in [2.05, 4.69) is 79.7 Å². The van der Waals surface area contributed by atoms with Crippen LogP contribution in [0.1, 0.15) is 146 Å². The summed E-state index contributed by atoms with van der Waals surface area (Å²) in [6, 6.07) is 24.1. The Hall–Kier alpha value is -3.83. The molecule has 49 heavy (non-hydrogen) atoms. The van der Waals surface area contributed by atoms with Crippen LogP contribution >= 0.6 is 11.8 Å². The van der Waals surface area contributed by atoms with Crippen molar-refractivity contribution in [3.05, 3.63) is 128 Å². The molecule has 4 nitrogen and oxygen atoms in total. The second-order valence-electron chi connectivity index (χ2n) is 16.9. The molecule has 0 spiro atoms. The maximum Gasteiger partial charge on any atom is 0.335 e. The minimum Gasteiger partial charge on any atom is -0.478 e. The molecule has 6 rings (SSSR count). The Morgan fingerprint density at radius 3 is 1.16 bits per heavy atom. The number of fused-ring (bicyclic) bond motifs is 2. The van der Waals surface area contributed by atoms with Crippen molar-refractivity contribution in [3.63, 3.8) is 0 Å². The third kappa shape index (κ3) is 6.71. The summed E-state index contributed by atoms with van der Waals surface area (Å²) >= 11 is 1.85. The Morgan fingerprint density at radius 1 is 0.510 bits per heavy atom. The van der Waals surface area contributed by atoms with Crippen LogP contribution in [0, 0.1) is 0 Å². The van der Waals surface area contributed by atoms with E-state index in [1.165, 1.54) is 43.2 Å². The molecule has 0 atom stereocenters. The van der Waals surface area contributed by atoms with Crippen LogP contribution in [-0.4, -0.2) is 22.2 Å².